The molecule has 0 aromatic carbocycles. The number of amides is 2. The number of hydrogen-bond acceptors (Lipinski definition) is 4. The van der Waals surface area contributed by atoms with Crippen molar-refractivity contribution in [1.29, 1.82) is 0 Å². The van der Waals surface area contributed by atoms with E-state index in [4.69, 9.17) is 4.74 Å². The molecule has 21 heavy (non-hydrogen) atoms. The summed E-state index contributed by atoms with van der Waals surface area (Å²) in [4.78, 5) is 26.7. The highest BCUT2D eigenvalue weighted by Crippen LogP contribution is 2.19. The maximum Gasteiger partial charge on any atom is 0.245 e. The maximum atomic E-state index is 12.7. The van der Waals surface area contributed by atoms with Crippen molar-refractivity contribution in [2.45, 2.75) is 51.7 Å². The molecule has 0 aromatic rings. The van der Waals surface area contributed by atoms with E-state index in [0.717, 1.165) is 12.8 Å². The summed E-state index contributed by atoms with van der Waals surface area (Å²) in [6.45, 7) is 7.97. The summed E-state index contributed by atoms with van der Waals surface area (Å²) in [5, 5.41) is 6.23. The summed E-state index contributed by atoms with van der Waals surface area (Å²) in [5.74, 6) is -0.0505. The number of ether oxygens (including phenoxy) is 1. The van der Waals surface area contributed by atoms with E-state index in [2.05, 4.69) is 17.6 Å². The van der Waals surface area contributed by atoms with Crippen molar-refractivity contribution in [2.24, 2.45) is 5.92 Å². The summed E-state index contributed by atoms with van der Waals surface area (Å²) in [7, 11) is 0. The zero-order chi connectivity index (χ0) is 15.4. The monoisotopic (exact) mass is 297 g/mol. The molecule has 0 radical (unpaired) electrons. The molecule has 2 heterocycles. The second-order valence-corrected chi connectivity index (χ2v) is 6.37. The van der Waals surface area contributed by atoms with Gasteiger partial charge in [0.2, 0.25) is 11.8 Å². The van der Waals surface area contributed by atoms with Crippen LogP contribution in [-0.4, -0.2) is 61.1 Å². The molecule has 2 amide bonds. The quantitative estimate of drug-likeness (QED) is 0.777. The first-order valence-electron chi connectivity index (χ1n) is 7.91. The molecule has 2 saturated heterocycles. The number of carbonyl (C=O) groups excluding carboxylic acids is 2. The van der Waals surface area contributed by atoms with Crippen molar-refractivity contribution >= 4 is 11.8 Å². The number of carbonyl (C=O) groups is 2. The fraction of sp³-hybridized carbons (Fsp3) is 0.867. The second-order valence-electron chi connectivity index (χ2n) is 6.37. The van der Waals surface area contributed by atoms with Gasteiger partial charge in [-0.1, -0.05) is 0 Å². The van der Waals surface area contributed by atoms with Gasteiger partial charge in [0, 0.05) is 25.2 Å². The molecule has 2 aliphatic rings. The predicted molar refractivity (Wildman–Crippen MR) is 79.8 cm³/mol. The molecule has 2 rings (SSSR count). The molecular formula is C15H27N3O3. The van der Waals surface area contributed by atoms with Crippen LogP contribution in [0, 0.1) is 5.92 Å². The minimum absolute atomic E-state index is 0.0198. The van der Waals surface area contributed by atoms with Gasteiger partial charge in [-0.25, -0.2) is 0 Å². The Balaban J connectivity index is 2.00. The van der Waals surface area contributed by atoms with Gasteiger partial charge in [0.1, 0.15) is 6.04 Å². The normalized spacial score (nSPS) is 30.3. The first-order valence-corrected chi connectivity index (χ1v) is 7.91. The van der Waals surface area contributed by atoms with Crippen molar-refractivity contribution in [3.63, 3.8) is 0 Å². The molecule has 6 heteroatoms. The van der Waals surface area contributed by atoms with Crippen LogP contribution >= 0.6 is 0 Å². The summed E-state index contributed by atoms with van der Waals surface area (Å²) < 4.78 is 5.40. The van der Waals surface area contributed by atoms with Crippen molar-refractivity contribution in [3.05, 3.63) is 0 Å². The van der Waals surface area contributed by atoms with Crippen LogP contribution in [0.3, 0.4) is 0 Å². The number of hydrogen-bond donors (Lipinski definition) is 2. The molecule has 0 saturated carbocycles. The molecule has 6 nitrogen and oxygen atoms in total. The molecule has 3 atom stereocenters. The molecule has 0 aromatic heterocycles. The number of nitrogens with zero attached hydrogens (tertiary/aromatic N) is 1. The molecule has 3 unspecified atom stereocenters. The summed E-state index contributed by atoms with van der Waals surface area (Å²) in [5.41, 5.74) is 0. The van der Waals surface area contributed by atoms with E-state index >= 15 is 0 Å². The van der Waals surface area contributed by atoms with Crippen molar-refractivity contribution < 1.29 is 14.3 Å². The Labute approximate surface area is 126 Å². The van der Waals surface area contributed by atoms with Crippen LogP contribution in [0.25, 0.3) is 0 Å². The van der Waals surface area contributed by atoms with E-state index in [-0.39, 0.29) is 23.8 Å². The molecule has 120 valence electrons. The Bertz CT molecular complexity index is 378. The van der Waals surface area contributed by atoms with Gasteiger partial charge in [0.15, 0.2) is 0 Å². The number of nitrogens with one attached hydrogen (secondary N) is 2. The van der Waals surface area contributed by atoms with Crippen molar-refractivity contribution in [2.75, 3.05) is 26.3 Å². The van der Waals surface area contributed by atoms with Gasteiger partial charge in [-0.2, -0.15) is 0 Å². The van der Waals surface area contributed by atoms with Crippen LogP contribution in [0.4, 0.5) is 0 Å². The lowest BCUT2D eigenvalue weighted by Gasteiger charge is -2.38. The summed E-state index contributed by atoms with van der Waals surface area (Å²) in [6.07, 6.45) is 1.90. The van der Waals surface area contributed by atoms with Gasteiger partial charge in [0.25, 0.3) is 0 Å². The lowest BCUT2D eigenvalue weighted by molar-refractivity contribution is -0.152. The van der Waals surface area contributed by atoms with Gasteiger partial charge >= 0.3 is 0 Å². The Morgan fingerprint density at radius 1 is 1.33 bits per heavy atom. The van der Waals surface area contributed by atoms with Gasteiger partial charge in [-0.15, -0.1) is 0 Å². The molecule has 0 aliphatic carbocycles. The van der Waals surface area contributed by atoms with Crippen LogP contribution in [0.1, 0.15) is 33.6 Å². The van der Waals surface area contributed by atoms with Crippen LogP contribution in [0.2, 0.25) is 0 Å². The molecule has 2 aliphatic heterocycles. The fourth-order valence-corrected chi connectivity index (χ4v) is 2.91. The minimum Gasteiger partial charge on any atom is -0.377 e. The van der Waals surface area contributed by atoms with Gasteiger partial charge in [-0.05, 0) is 33.6 Å². The van der Waals surface area contributed by atoms with Gasteiger partial charge in [0.05, 0.1) is 19.1 Å². The first-order chi connectivity index (χ1) is 9.99. The Morgan fingerprint density at radius 2 is 2.10 bits per heavy atom. The number of piperidine rings is 1. The minimum atomic E-state index is -0.493. The van der Waals surface area contributed by atoms with E-state index < -0.39 is 6.04 Å². The SMILES string of the molecule is CC(C)NC(=O)C1COCCN1C(=O)C1CCC(C)NC1. The average Bonchev–Trinajstić information content (AvgIpc) is 2.46. The van der Waals surface area contributed by atoms with Crippen LogP contribution < -0.4 is 10.6 Å². The Morgan fingerprint density at radius 3 is 2.71 bits per heavy atom. The second kappa shape index (κ2) is 7.22. The highest BCUT2D eigenvalue weighted by molar-refractivity contribution is 5.89. The zero-order valence-corrected chi connectivity index (χ0v) is 13.2. The maximum absolute atomic E-state index is 12.7. The van der Waals surface area contributed by atoms with Crippen LogP contribution in [0.5, 0.6) is 0 Å². The predicted octanol–water partition coefficient (Wildman–Crippen LogP) is 0.127. The number of morpholine rings is 1. The third-order valence-corrected chi connectivity index (χ3v) is 4.16. The van der Waals surface area contributed by atoms with E-state index in [1.165, 1.54) is 0 Å². The van der Waals surface area contributed by atoms with Crippen molar-refractivity contribution in [1.82, 2.24) is 15.5 Å². The average molecular weight is 297 g/mol. The molecule has 0 spiro atoms. The lowest BCUT2D eigenvalue weighted by atomic mass is 9.93. The van der Waals surface area contributed by atoms with Crippen LogP contribution in [-0.2, 0) is 14.3 Å². The first kappa shape index (κ1) is 16.2. The summed E-state index contributed by atoms with van der Waals surface area (Å²) in [6, 6.07) is 0.0420. The lowest BCUT2D eigenvalue weighted by Crippen LogP contribution is -2.59. The number of rotatable bonds is 3. The highest BCUT2D eigenvalue weighted by Gasteiger charge is 2.37. The topological polar surface area (TPSA) is 70.7 Å². The van der Waals surface area contributed by atoms with E-state index in [1.54, 1.807) is 4.90 Å². The Kier molecular flexibility index (Phi) is 5.58. The van der Waals surface area contributed by atoms with E-state index in [0.29, 0.717) is 32.3 Å². The third-order valence-electron chi connectivity index (χ3n) is 4.16. The standard InChI is InChI=1S/C15H27N3O3/c1-10(2)17-14(19)13-9-21-7-6-18(13)15(20)12-5-4-11(3)16-8-12/h10-13,16H,4-9H2,1-3H3,(H,17,19). The summed E-state index contributed by atoms with van der Waals surface area (Å²) >= 11 is 0. The van der Waals surface area contributed by atoms with Crippen molar-refractivity contribution in [3.8, 4) is 0 Å². The third kappa shape index (κ3) is 4.17. The van der Waals surface area contributed by atoms with E-state index in [9.17, 15) is 9.59 Å². The zero-order valence-electron chi connectivity index (χ0n) is 13.2. The van der Waals surface area contributed by atoms with Crippen LogP contribution in [0.15, 0.2) is 0 Å². The fourth-order valence-electron chi connectivity index (χ4n) is 2.91. The highest BCUT2D eigenvalue weighted by atomic mass is 16.5. The van der Waals surface area contributed by atoms with Gasteiger partial charge < -0.3 is 20.3 Å². The largest absolute Gasteiger partial charge is 0.377 e. The molecular weight excluding hydrogens is 270 g/mol. The van der Waals surface area contributed by atoms with E-state index in [1.807, 2.05) is 13.8 Å². The Hall–Kier alpha value is -1.14. The molecule has 0 bridgehead atoms. The van der Waals surface area contributed by atoms with Gasteiger partial charge in [-0.3, -0.25) is 9.59 Å². The smallest absolute Gasteiger partial charge is 0.245 e. The molecule has 2 fully saturated rings. The molecule has 2 N–H and O–H groups in total.